The summed E-state index contributed by atoms with van der Waals surface area (Å²) in [6, 6.07) is 8.96. The smallest absolute Gasteiger partial charge is 0.179 e. The molecule has 0 aliphatic heterocycles. The molecule has 0 amide bonds. The van der Waals surface area contributed by atoms with Crippen LogP contribution < -0.4 is 20.5 Å². The van der Waals surface area contributed by atoms with Crippen molar-refractivity contribution in [3.05, 3.63) is 52.1 Å². The first-order valence-electron chi connectivity index (χ1n) is 8.58. The van der Waals surface area contributed by atoms with Gasteiger partial charge in [0, 0.05) is 24.9 Å². The van der Waals surface area contributed by atoms with Crippen LogP contribution in [0.5, 0.6) is 17.2 Å². The van der Waals surface area contributed by atoms with E-state index < -0.39 is 0 Å². The van der Waals surface area contributed by atoms with Gasteiger partial charge in [-0.25, -0.2) is 0 Å². The van der Waals surface area contributed by atoms with E-state index in [1.165, 1.54) is 0 Å². The van der Waals surface area contributed by atoms with Crippen LogP contribution >= 0.6 is 23.2 Å². The minimum absolute atomic E-state index is 0.423. The summed E-state index contributed by atoms with van der Waals surface area (Å²) in [6.07, 6.45) is 2.64. The van der Waals surface area contributed by atoms with Crippen molar-refractivity contribution >= 4 is 39.8 Å². The van der Waals surface area contributed by atoms with Gasteiger partial charge in [0.1, 0.15) is 5.75 Å². The molecule has 5 nitrogen and oxygen atoms in total. The van der Waals surface area contributed by atoms with Gasteiger partial charge in [-0.05, 0) is 43.7 Å². The van der Waals surface area contributed by atoms with Crippen molar-refractivity contribution in [1.29, 1.82) is 0 Å². The van der Waals surface area contributed by atoms with Crippen molar-refractivity contribution in [2.45, 2.75) is 13.3 Å². The highest BCUT2D eigenvalue weighted by Crippen LogP contribution is 2.43. The van der Waals surface area contributed by atoms with Gasteiger partial charge in [-0.2, -0.15) is 0 Å². The van der Waals surface area contributed by atoms with Crippen LogP contribution in [0, 0.1) is 6.92 Å². The number of fused-ring (bicyclic) bond motifs is 1. The topological polar surface area (TPSA) is 69.4 Å². The molecule has 0 radical (unpaired) electrons. The van der Waals surface area contributed by atoms with Crippen LogP contribution in [0.4, 0.5) is 5.69 Å². The van der Waals surface area contributed by atoms with E-state index in [1.807, 2.05) is 19.1 Å². The maximum absolute atomic E-state index is 6.16. The van der Waals surface area contributed by atoms with Crippen LogP contribution in [0.2, 0.25) is 10.0 Å². The Morgan fingerprint density at radius 3 is 2.67 bits per heavy atom. The van der Waals surface area contributed by atoms with Gasteiger partial charge in [0.25, 0.3) is 0 Å². The molecule has 0 aliphatic rings. The van der Waals surface area contributed by atoms with E-state index in [9.17, 15) is 0 Å². The number of nitrogens with one attached hydrogen (secondary N) is 1. The minimum Gasteiger partial charge on any atom is -0.493 e. The summed E-state index contributed by atoms with van der Waals surface area (Å²) >= 11 is 12.1. The summed E-state index contributed by atoms with van der Waals surface area (Å²) < 4.78 is 11.8. The Morgan fingerprint density at radius 1 is 1.15 bits per heavy atom. The first-order valence-corrected chi connectivity index (χ1v) is 9.34. The summed E-state index contributed by atoms with van der Waals surface area (Å²) in [4.78, 5) is 4.55. The number of nitrogens with zero attached hydrogens (tertiary/aromatic N) is 1. The van der Waals surface area contributed by atoms with Gasteiger partial charge in [0.15, 0.2) is 11.5 Å². The van der Waals surface area contributed by atoms with Gasteiger partial charge in [0.05, 0.1) is 33.7 Å². The first kappa shape index (κ1) is 19.5. The molecule has 27 heavy (non-hydrogen) atoms. The number of methoxy groups -OCH3 is 1. The summed E-state index contributed by atoms with van der Waals surface area (Å²) in [6.45, 7) is 3.37. The largest absolute Gasteiger partial charge is 0.493 e. The molecule has 0 atom stereocenters. The molecule has 0 bridgehead atoms. The molecule has 2 aromatic carbocycles. The lowest BCUT2D eigenvalue weighted by Gasteiger charge is -2.18. The first-order chi connectivity index (χ1) is 13.0. The Bertz CT molecular complexity index is 964. The normalized spacial score (nSPS) is 10.9. The predicted octanol–water partition coefficient (Wildman–Crippen LogP) is 5.41. The van der Waals surface area contributed by atoms with Crippen LogP contribution in [-0.4, -0.2) is 25.2 Å². The fourth-order valence-corrected chi connectivity index (χ4v) is 3.10. The van der Waals surface area contributed by atoms with Crippen LogP contribution in [0.3, 0.4) is 0 Å². The lowest BCUT2D eigenvalue weighted by molar-refractivity contribution is 0.381. The maximum atomic E-state index is 6.16. The highest BCUT2D eigenvalue weighted by atomic mass is 35.5. The summed E-state index contributed by atoms with van der Waals surface area (Å²) in [7, 11) is 1.61. The third kappa shape index (κ3) is 4.21. The Hall–Kier alpha value is -2.21. The number of ether oxygens (including phenoxy) is 2. The van der Waals surface area contributed by atoms with Crippen molar-refractivity contribution in [3.63, 3.8) is 0 Å². The highest BCUT2D eigenvalue weighted by molar-refractivity contribution is 6.42. The van der Waals surface area contributed by atoms with Gasteiger partial charge >= 0.3 is 0 Å². The van der Waals surface area contributed by atoms with Gasteiger partial charge < -0.3 is 20.5 Å². The lowest BCUT2D eigenvalue weighted by atomic mass is 10.1. The Kier molecular flexibility index (Phi) is 6.26. The molecule has 0 aliphatic carbocycles. The Labute approximate surface area is 168 Å². The molecule has 0 unspecified atom stereocenters. The molecule has 3 N–H and O–H groups in total. The van der Waals surface area contributed by atoms with Crippen molar-refractivity contribution in [3.8, 4) is 17.2 Å². The molecule has 1 aromatic heterocycles. The monoisotopic (exact) mass is 405 g/mol. The zero-order valence-electron chi connectivity index (χ0n) is 15.2. The SMILES string of the molecule is COc1cc(NCCCN)c2nccc(C)c2c1Oc1ccc(Cl)c(Cl)c1. The molecule has 0 fully saturated rings. The molecule has 0 saturated heterocycles. The van der Waals surface area contributed by atoms with Gasteiger partial charge in [0.2, 0.25) is 0 Å². The zero-order chi connectivity index (χ0) is 19.4. The third-order valence-corrected chi connectivity index (χ3v) is 4.91. The van der Waals surface area contributed by atoms with Crippen LogP contribution in [0.15, 0.2) is 36.5 Å². The average molecular weight is 406 g/mol. The molecular weight excluding hydrogens is 385 g/mol. The standard InChI is InChI=1S/C20H21Cl2N3O2/c1-12-6-9-25-19-16(24-8-3-7-23)11-17(26-2)20(18(12)19)27-13-4-5-14(21)15(22)10-13/h4-6,9-11,24H,3,7-8,23H2,1-2H3. The molecule has 3 rings (SSSR count). The zero-order valence-corrected chi connectivity index (χ0v) is 16.7. The number of nitrogens with two attached hydrogens (primary N) is 1. The summed E-state index contributed by atoms with van der Waals surface area (Å²) in [5.74, 6) is 1.75. The fourth-order valence-electron chi connectivity index (χ4n) is 2.81. The number of rotatable bonds is 7. The number of pyridine rings is 1. The number of benzene rings is 2. The molecule has 0 spiro atoms. The number of anilines is 1. The second kappa shape index (κ2) is 8.65. The molecular formula is C20H21Cl2N3O2. The molecule has 1 heterocycles. The van der Waals surface area contributed by atoms with Crippen LogP contribution in [0.1, 0.15) is 12.0 Å². The summed E-state index contributed by atoms with van der Waals surface area (Å²) in [5, 5.41) is 5.15. The molecule has 7 heteroatoms. The number of halogens is 2. The summed E-state index contributed by atoms with van der Waals surface area (Å²) in [5.41, 5.74) is 8.31. The maximum Gasteiger partial charge on any atom is 0.179 e. The van der Waals surface area contributed by atoms with Crippen molar-refractivity contribution < 1.29 is 9.47 Å². The lowest BCUT2D eigenvalue weighted by Crippen LogP contribution is -2.09. The number of aryl methyl sites for hydroxylation is 1. The van der Waals surface area contributed by atoms with Gasteiger partial charge in [-0.15, -0.1) is 0 Å². The predicted molar refractivity (Wildman–Crippen MR) is 112 cm³/mol. The second-order valence-corrected chi connectivity index (χ2v) is 6.87. The van der Waals surface area contributed by atoms with Crippen molar-refractivity contribution in [1.82, 2.24) is 4.98 Å². The highest BCUT2D eigenvalue weighted by Gasteiger charge is 2.18. The van der Waals surface area contributed by atoms with Crippen molar-refractivity contribution in [2.75, 3.05) is 25.5 Å². The third-order valence-electron chi connectivity index (χ3n) is 4.17. The fraction of sp³-hybridized carbons (Fsp3) is 0.250. The molecule has 142 valence electrons. The quantitative estimate of drug-likeness (QED) is 0.514. The van der Waals surface area contributed by atoms with E-state index in [-0.39, 0.29) is 0 Å². The van der Waals surface area contributed by atoms with E-state index in [4.69, 9.17) is 38.4 Å². The second-order valence-electron chi connectivity index (χ2n) is 6.05. The molecule has 0 saturated carbocycles. The van der Waals surface area contributed by atoms with E-state index >= 15 is 0 Å². The number of aromatic nitrogens is 1. The number of hydrogen-bond donors (Lipinski definition) is 2. The number of hydrogen-bond acceptors (Lipinski definition) is 5. The minimum atomic E-state index is 0.423. The van der Waals surface area contributed by atoms with Crippen LogP contribution in [0.25, 0.3) is 10.9 Å². The van der Waals surface area contributed by atoms with E-state index in [0.717, 1.165) is 35.1 Å². The average Bonchev–Trinajstić information content (AvgIpc) is 2.66. The van der Waals surface area contributed by atoms with Crippen LogP contribution in [-0.2, 0) is 0 Å². The van der Waals surface area contributed by atoms with E-state index in [1.54, 1.807) is 31.5 Å². The van der Waals surface area contributed by atoms with Gasteiger partial charge in [-0.3, -0.25) is 4.98 Å². The van der Waals surface area contributed by atoms with E-state index in [0.29, 0.717) is 33.8 Å². The Morgan fingerprint density at radius 2 is 1.96 bits per heavy atom. The van der Waals surface area contributed by atoms with Gasteiger partial charge in [-0.1, -0.05) is 23.2 Å². The van der Waals surface area contributed by atoms with E-state index in [2.05, 4.69) is 10.3 Å². The molecule has 3 aromatic rings. The van der Waals surface area contributed by atoms with Crippen molar-refractivity contribution in [2.24, 2.45) is 5.73 Å². The Balaban J connectivity index is 2.13.